The van der Waals surface area contributed by atoms with Crippen molar-refractivity contribution in [1.82, 2.24) is 10.2 Å². The first kappa shape index (κ1) is 32.8. The van der Waals surface area contributed by atoms with Gasteiger partial charge in [-0.15, -0.1) is 0 Å². The minimum absolute atomic E-state index is 0.108. The number of benzene rings is 4. The van der Waals surface area contributed by atoms with Crippen molar-refractivity contribution >= 4 is 43.5 Å². The van der Waals surface area contributed by atoms with Crippen molar-refractivity contribution in [2.45, 2.75) is 32.4 Å². The van der Waals surface area contributed by atoms with Crippen molar-refractivity contribution in [3.8, 4) is 11.5 Å². The van der Waals surface area contributed by atoms with Gasteiger partial charge in [0.15, 0.2) is 0 Å². The summed E-state index contributed by atoms with van der Waals surface area (Å²) in [6, 6.07) is 31.8. The highest BCUT2D eigenvalue weighted by Crippen LogP contribution is 2.26. The standard InChI is InChI=1S/C34H36BrN3O5S/c1-3-21-36-34(40)32(23-26-11-6-4-7-12-26)37(24-27-13-10-14-28(35)22-27)33(39)25-38(44(2,41)42)29-17-19-31(20-18-29)43-30-15-8-5-9-16-30/h4-20,22,32H,3,21,23-25H2,1-2H3,(H,36,40)/t32-/m0/s1. The molecule has 0 fully saturated rings. The fourth-order valence-corrected chi connectivity index (χ4v) is 5.97. The number of hydrogen-bond donors (Lipinski definition) is 1. The summed E-state index contributed by atoms with van der Waals surface area (Å²) in [5.41, 5.74) is 1.98. The largest absolute Gasteiger partial charge is 0.457 e. The van der Waals surface area contributed by atoms with Crippen molar-refractivity contribution in [1.29, 1.82) is 0 Å². The van der Waals surface area contributed by atoms with Gasteiger partial charge in [0.25, 0.3) is 0 Å². The average molecular weight is 679 g/mol. The molecule has 1 atom stereocenters. The monoisotopic (exact) mass is 677 g/mol. The third-order valence-corrected chi connectivity index (χ3v) is 8.48. The number of carbonyl (C=O) groups is 2. The molecule has 1 N–H and O–H groups in total. The molecule has 4 aromatic rings. The number of sulfonamides is 1. The number of nitrogens with zero attached hydrogens (tertiary/aromatic N) is 2. The van der Waals surface area contributed by atoms with Gasteiger partial charge in [-0.1, -0.05) is 83.5 Å². The van der Waals surface area contributed by atoms with E-state index in [1.165, 1.54) is 4.90 Å². The summed E-state index contributed by atoms with van der Waals surface area (Å²) in [4.78, 5) is 29.3. The van der Waals surface area contributed by atoms with E-state index in [9.17, 15) is 18.0 Å². The van der Waals surface area contributed by atoms with E-state index >= 15 is 0 Å². The number of halogens is 1. The first-order chi connectivity index (χ1) is 21.1. The number of hydrogen-bond acceptors (Lipinski definition) is 5. The zero-order valence-electron chi connectivity index (χ0n) is 24.7. The van der Waals surface area contributed by atoms with Gasteiger partial charge in [0.1, 0.15) is 24.1 Å². The molecule has 4 aromatic carbocycles. The smallest absolute Gasteiger partial charge is 0.244 e. The summed E-state index contributed by atoms with van der Waals surface area (Å²) in [5, 5.41) is 2.94. The quantitative estimate of drug-likeness (QED) is 0.172. The third-order valence-electron chi connectivity index (χ3n) is 6.85. The maximum atomic E-state index is 14.2. The molecule has 0 spiro atoms. The normalized spacial score (nSPS) is 11.8. The van der Waals surface area contributed by atoms with Crippen LogP contribution in [-0.2, 0) is 32.6 Å². The summed E-state index contributed by atoms with van der Waals surface area (Å²) in [6.07, 6.45) is 2.05. The highest BCUT2D eigenvalue weighted by atomic mass is 79.9. The van der Waals surface area contributed by atoms with Gasteiger partial charge in [-0.3, -0.25) is 13.9 Å². The van der Waals surface area contributed by atoms with E-state index in [2.05, 4.69) is 21.2 Å². The Balaban J connectivity index is 1.67. The van der Waals surface area contributed by atoms with Crippen LogP contribution in [-0.4, -0.2) is 50.5 Å². The lowest BCUT2D eigenvalue weighted by atomic mass is 10.0. The van der Waals surface area contributed by atoms with Crippen LogP contribution in [0.5, 0.6) is 11.5 Å². The fourth-order valence-electron chi connectivity index (χ4n) is 4.67. The molecule has 0 radical (unpaired) electrons. The van der Waals surface area contributed by atoms with Crippen molar-refractivity contribution < 1.29 is 22.7 Å². The minimum Gasteiger partial charge on any atom is -0.457 e. The van der Waals surface area contributed by atoms with E-state index in [4.69, 9.17) is 4.74 Å². The molecule has 0 saturated carbocycles. The van der Waals surface area contributed by atoms with Gasteiger partial charge in [0.2, 0.25) is 21.8 Å². The van der Waals surface area contributed by atoms with Gasteiger partial charge in [0, 0.05) is 24.0 Å². The van der Waals surface area contributed by atoms with Crippen LogP contribution in [0.25, 0.3) is 0 Å². The van der Waals surface area contributed by atoms with Gasteiger partial charge in [-0.25, -0.2) is 8.42 Å². The van der Waals surface area contributed by atoms with E-state index in [0.717, 1.165) is 32.6 Å². The Morgan fingerprint density at radius 2 is 1.45 bits per heavy atom. The molecule has 0 bridgehead atoms. The van der Waals surface area contributed by atoms with Crippen LogP contribution in [0.2, 0.25) is 0 Å². The van der Waals surface area contributed by atoms with Crippen LogP contribution in [0.4, 0.5) is 5.69 Å². The van der Waals surface area contributed by atoms with E-state index < -0.39 is 28.5 Å². The molecule has 0 aromatic heterocycles. The summed E-state index contributed by atoms with van der Waals surface area (Å²) < 4.78 is 33.8. The fraction of sp³-hybridized carbons (Fsp3) is 0.235. The van der Waals surface area contributed by atoms with Gasteiger partial charge < -0.3 is 15.0 Å². The van der Waals surface area contributed by atoms with Crippen LogP contribution in [0.1, 0.15) is 24.5 Å². The third kappa shape index (κ3) is 9.42. The SMILES string of the molecule is CCCNC(=O)[C@H](Cc1ccccc1)N(Cc1cccc(Br)c1)C(=O)CN(c1ccc(Oc2ccccc2)cc1)S(C)(=O)=O. The Morgan fingerprint density at radius 1 is 0.841 bits per heavy atom. The molecule has 2 amide bonds. The topological polar surface area (TPSA) is 96.0 Å². The number of carbonyl (C=O) groups excluding carboxylic acids is 2. The van der Waals surface area contributed by atoms with E-state index in [-0.39, 0.29) is 18.9 Å². The number of rotatable bonds is 14. The molecule has 230 valence electrons. The van der Waals surface area contributed by atoms with Gasteiger partial charge in [-0.05, 0) is 66.1 Å². The summed E-state index contributed by atoms with van der Waals surface area (Å²) in [7, 11) is -3.88. The van der Waals surface area contributed by atoms with Crippen molar-refractivity contribution in [3.63, 3.8) is 0 Å². The van der Waals surface area contributed by atoms with Crippen molar-refractivity contribution in [2.24, 2.45) is 0 Å². The van der Waals surface area contributed by atoms with E-state index in [1.807, 2.05) is 91.9 Å². The highest BCUT2D eigenvalue weighted by molar-refractivity contribution is 9.10. The summed E-state index contributed by atoms with van der Waals surface area (Å²) in [5.74, 6) is 0.357. The molecular weight excluding hydrogens is 642 g/mol. The highest BCUT2D eigenvalue weighted by Gasteiger charge is 2.33. The van der Waals surface area contributed by atoms with Crippen LogP contribution in [0.3, 0.4) is 0 Å². The maximum absolute atomic E-state index is 14.2. The molecule has 4 rings (SSSR count). The number of anilines is 1. The van der Waals surface area contributed by atoms with Crippen LogP contribution < -0.4 is 14.4 Å². The molecule has 0 aliphatic carbocycles. The molecule has 0 heterocycles. The molecule has 0 aliphatic heterocycles. The molecule has 44 heavy (non-hydrogen) atoms. The predicted octanol–water partition coefficient (Wildman–Crippen LogP) is 6.17. The number of amides is 2. The first-order valence-corrected chi connectivity index (χ1v) is 16.9. The van der Waals surface area contributed by atoms with Gasteiger partial charge in [-0.2, -0.15) is 0 Å². The Bertz CT molecular complexity index is 1630. The lowest BCUT2D eigenvalue weighted by molar-refractivity contribution is -0.140. The second-order valence-electron chi connectivity index (χ2n) is 10.3. The van der Waals surface area contributed by atoms with Gasteiger partial charge >= 0.3 is 0 Å². The Kier molecular flexibility index (Phi) is 11.6. The molecule has 0 aliphatic rings. The minimum atomic E-state index is -3.88. The number of para-hydroxylation sites is 1. The van der Waals surface area contributed by atoms with Crippen molar-refractivity contribution in [2.75, 3.05) is 23.7 Å². The average Bonchev–Trinajstić information content (AvgIpc) is 3.01. The number of ether oxygens (including phenoxy) is 1. The Morgan fingerprint density at radius 3 is 2.07 bits per heavy atom. The van der Waals surface area contributed by atoms with Crippen LogP contribution in [0.15, 0.2) is 114 Å². The maximum Gasteiger partial charge on any atom is 0.244 e. The zero-order valence-corrected chi connectivity index (χ0v) is 27.1. The first-order valence-electron chi connectivity index (χ1n) is 14.3. The number of nitrogens with one attached hydrogen (secondary N) is 1. The zero-order chi connectivity index (χ0) is 31.5. The second kappa shape index (κ2) is 15.5. The van der Waals surface area contributed by atoms with E-state index in [0.29, 0.717) is 23.7 Å². The molecular formula is C34H36BrN3O5S. The lowest BCUT2D eigenvalue weighted by Crippen LogP contribution is -2.53. The second-order valence-corrected chi connectivity index (χ2v) is 13.1. The summed E-state index contributed by atoms with van der Waals surface area (Å²) in [6.45, 7) is 2.03. The molecule has 0 unspecified atom stereocenters. The summed E-state index contributed by atoms with van der Waals surface area (Å²) >= 11 is 3.49. The van der Waals surface area contributed by atoms with E-state index in [1.54, 1.807) is 24.3 Å². The predicted molar refractivity (Wildman–Crippen MR) is 177 cm³/mol. The Labute approximate surface area is 267 Å². The lowest BCUT2D eigenvalue weighted by Gasteiger charge is -2.33. The van der Waals surface area contributed by atoms with Crippen LogP contribution >= 0.6 is 15.9 Å². The van der Waals surface area contributed by atoms with Crippen molar-refractivity contribution in [3.05, 3.63) is 125 Å². The Hall–Kier alpha value is -4.15. The molecule has 8 nitrogen and oxygen atoms in total. The molecule has 10 heteroatoms. The van der Waals surface area contributed by atoms with Crippen LogP contribution in [0, 0.1) is 0 Å². The molecule has 0 saturated heterocycles. The van der Waals surface area contributed by atoms with Gasteiger partial charge in [0.05, 0.1) is 11.9 Å².